The quantitative estimate of drug-likeness (QED) is 0.738. The maximum atomic E-state index is 12.6. The molecule has 3 aromatic rings. The fourth-order valence-corrected chi connectivity index (χ4v) is 2.40. The van der Waals surface area contributed by atoms with Gasteiger partial charge in [-0.15, -0.1) is 0 Å². The van der Waals surface area contributed by atoms with Gasteiger partial charge in [-0.2, -0.15) is 5.10 Å². The highest BCUT2D eigenvalue weighted by Gasteiger charge is 2.11. The molecular formula is C17H18N4O. The topological polar surface area (TPSA) is 51.0 Å². The van der Waals surface area contributed by atoms with Crippen molar-refractivity contribution in [2.75, 3.05) is 20.6 Å². The van der Waals surface area contributed by atoms with Crippen molar-refractivity contribution in [1.29, 1.82) is 0 Å². The van der Waals surface area contributed by atoms with Gasteiger partial charge in [-0.1, -0.05) is 18.2 Å². The van der Waals surface area contributed by atoms with Gasteiger partial charge in [0.15, 0.2) is 0 Å². The van der Waals surface area contributed by atoms with Gasteiger partial charge < -0.3 is 4.90 Å². The van der Waals surface area contributed by atoms with Gasteiger partial charge >= 0.3 is 0 Å². The number of likely N-dealkylation sites (N-methyl/N-ethyl adjacent to an activating group) is 1. The molecule has 0 saturated carbocycles. The first-order valence-electron chi connectivity index (χ1n) is 7.22. The molecule has 5 heteroatoms. The highest BCUT2D eigenvalue weighted by Crippen LogP contribution is 2.23. The van der Waals surface area contributed by atoms with E-state index in [2.05, 4.69) is 10.1 Å². The van der Waals surface area contributed by atoms with Crippen molar-refractivity contribution < 1.29 is 0 Å². The van der Waals surface area contributed by atoms with Gasteiger partial charge in [0.2, 0.25) is 0 Å². The zero-order valence-corrected chi connectivity index (χ0v) is 12.7. The lowest BCUT2D eigenvalue weighted by molar-refractivity contribution is 0.369. The molecule has 0 N–H and O–H groups in total. The lowest BCUT2D eigenvalue weighted by atomic mass is 10.1. The van der Waals surface area contributed by atoms with E-state index < -0.39 is 0 Å². The fraction of sp³-hybridized carbons (Fsp3) is 0.235. The molecule has 0 atom stereocenters. The molecule has 5 nitrogen and oxygen atoms in total. The molecule has 0 fully saturated rings. The van der Waals surface area contributed by atoms with Crippen molar-refractivity contribution in [2.24, 2.45) is 0 Å². The van der Waals surface area contributed by atoms with Crippen molar-refractivity contribution in [3.8, 4) is 11.3 Å². The Balaban J connectivity index is 2.22. The smallest absolute Gasteiger partial charge is 0.274 e. The molecule has 2 aromatic heterocycles. The summed E-state index contributed by atoms with van der Waals surface area (Å²) in [6, 6.07) is 11.4. The van der Waals surface area contributed by atoms with E-state index in [1.165, 1.54) is 0 Å². The second kappa shape index (κ2) is 6.07. The lowest BCUT2D eigenvalue weighted by Crippen LogP contribution is -2.29. The Kier molecular flexibility index (Phi) is 3.98. The van der Waals surface area contributed by atoms with Crippen molar-refractivity contribution in [3.05, 3.63) is 59.1 Å². The number of hydrogen-bond donors (Lipinski definition) is 0. The minimum Gasteiger partial charge on any atom is -0.308 e. The average molecular weight is 294 g/mol. The van der Waals surface area contributed by atoms with E-state index in [0.717, 1.165) is 23.2 Å². The van der Waals surface area contributed by atoms with Crippen LogP contribution >= 0.6 is 0 Å². The number of aromatic nitrogens is 3. The molecule has 22 heavy (non-hydrogen) atoms. The highest BCUT2D eigenvalue weighted by atomic mass is 16.1. The molecule has 0 amide bonds. The van der Waals surface area contributed by atoms with Crippen molar-refractivity contribution >= 4 is 10.8 Å². The van der Waals surface area contributed by atoms with Crippen LogP contribution in [0.5, 0.6) is 0 Å². The molecule has 0 unspecified atom stereocenters. The number of benzene rings is 1. The Labute approximate surface area is 128 Å². The third kappa shape index (κ3) is 2.76. The van der Waals surface area contributed by atoms with Crippen LogP contribution in [0.25, 0.3) is 22.0 Å². The number of hydrogen-bond acceptors (Lipinski definition) is 4. The minimum absolute atomic E-state index is 0.0461. The summed E-state index contributed by atoms with van der Waals surface area (Å²) < 4.78 is 1.55. The summed E-state index contributed by atoms with van der Waals surface area (Å²) in [5.74, 6) is 0. The Morgan fingerprint density at radius 1 is 1.05 bits per heavy atom. The number of rotatable bonds is 4. The Morgan fingerprint density at radius 3 is 2.41 bits per heavy atom. The molecule has 0 radical (unpaired) electrons. The monoisotopic (exact) mass is 294 g/mol. The minimum atomic E-state index is -0.0461. The van der Waals surface area contributed by atoms with E-state index in [1.807, 2.05) is 55.4 Å². The molecule has 0 saturated heterocycles. The van der Waals surface area contributed by atoms with E-state index in [9.17, 15) is 4.79 Å². The Morgan fingerprint density at radius 2 is 1.73 bits per heavy atom. The predicted molar refractivity (Wildman–Crippen MR) is 87.8 cm³/mol. The van der Waals surface area contributed by atoms with Crippen LogP contribution in [0.3, 0.4) is 0 Å². The zero-order chi connectivity index (χ0) is 15.5. The summed E-state index contributed by atoms with van der Waals surface area (Å²) >= 11 is 0. The molecule has 0 aliphatic heterocycles. The van der Waals surface area contributed by atoms with E-state index in [0.29, 0.717) is 11.9 Å². The SMILES string of the molecule is CN(C)CCn1nc(-c2ccncc2)c2ccccc2c1=O. The van der Waals surface area contributed by atoms with Gasteiger partial charge in [0.05, 0.1) is 17.6 Å². The molecule has 0 bridgehead atoms. The number of nitrogens with zero attached hydrogens (tertiary/aromatic N) is 4. The van der Waals surface area contributed by atoms with Gasteiger partial charge in [0.1, 0.15) is 0 Å². The van der Waals surface area contributed by atoms with Crippen LogP contribution in [0.15, 0.2) is 53.6 Å². The maximum Gasteiger partial charge on any atom is 0.274 e. The Bertz CT molecular complexity index is 840. The molecule has 2 heterocycles. The summed E-state index contributed by atoms with van der Waals surface area (Å²) in [4.78, 5) is 18.7. The van der Waals surface area contributed by atoms with Gasteiger partial charge in [-0.3, -0.25) is 9.78 Å². The second-order valence-corrected chi connectivity index (χ2v) is 5.46. The van der Waals surface area contributed by atoms with E-state index in [-0.39, 0.29) is 5.56 Å². The zero-order valence-electron chi connectivity index (χ0n) is 12.7. The van der Waals surface area contributed by atoms with Crippen LogP contribution in [0, 0.1) is 0 Å². The first kappa shape index (κ1) is 14.4. The third-order valence-corrected chi connectivity index (χ3v) is 3.58. The molecule has 0 aliphatic carbocycles. The molecule has 112 valence electrons. The standard InChI is InChI=1S/C17H18N4O/c1-20(2)11-12-21-17(22)15-6-4-3-5-14(15)16(19-21)13-7-9-18-10-8-13/h3-10H,11-12H2,1-2H3. The highest BCUT2D eigenvalue weighted by molar-refractivity contribution is 5.93. The molecule has 0 spiro atoms. The largest absolute Gasteiger partial charge is 0.308 e. The van der Waals surface area contributed by atoms with E-state index >= 15 is 0 Å². The van der Waals surface area contributed by atoms with Crippen LogP contribution in [-0.4, -0.2) is 40.3 Å². The van der Waals surface area contributed by atoms with Gasteiger partial charge in [-0.25, -0.2) is 4.68 Å². The van der Waals surface area contributed by atoms with Gasteiger partial charge in [0, 0.05) is 29.9 Å². The van der Waals surface area contributed by atoms with Gasteiger partial charge in [0.25, 0.3) is 5.56 Å². The average Bonchev–Trinajstić information content (AvgIpc) is 2.55. The number of fused-ring (bicyclic) bond motifs is 1. The summed E-state index contributed by atoms with van der Waals surface area (Å²) in [6.45, 7) is 1.33. The number of pyridine rings is 1. The molecule has 3 rings (SSSR count). The first-order chi connectivity index (χ1) is 10.7. The first-order valence-corrected chi connectivity index (χ1v) is 7.22. The van der Waals surface area contributed by atoms with E-state index in [4.69, 9.17) is 0 Å². The third-order valence-electron chi connectivity index (χ3n) is 3.58. The second-order valence-electron chi connectivity index (χ2n) is 5.46. The lowest BCUT2D eigenvalue weighted by Gasteiger charge is -2.13. The predicted octanol–water partition coefficient (Wildman–Crippen LogP) is 2.02. The van der Waals surface area contributed by atoms with Crippen molar-refractivity contribution in [1.82, 2.24) is 19.7 Å². The van der Waals surface area contributed by atoms with Crippen molar-refractivity contribution in [3.63, 3.8) is 0 Å². The van der Waals surface area contributed by atoms with Crippen LogP contribution < -0.4 is 5.56 Å². The fourth-order valence-electron chi connectivity index (χ4n) is 2.40. The van der Waals surface area contributed by atoms with Crippen molar-refractivity contribution in [2.45, 2.75) is 6.54 Å². The Hall–Kier alpha value is -2.53. The maximum absolute atomic E-state index is 12.6. The van der Waals surface area contributed by atoms with Crippen LogP contribution in [-0.2, 0) is 6.54 Å². The summed E-state index contributed by atoms with van der Waals surface area (Å²) in [5.41, 5.74) is 1.73. The molecule has 0 aliphatic rings. The summed E-state index contributed by atoms with van der Waals surface area (Å²) in [7, 11) is 3.96. The molecule has 1 aromatic carbocycles. The van der Waals surface area contributed by atoms with E-state index in [1.54, 1.807) is 17.1 Å². The normalized spacial score (nSPS) is 11.2. The van der Waals surface area contributed by atoms with Crippen LogP contribution in [0.2, 0.25) is 0 Å². The van der Waals surface area contributed by atoms with Crippen LogP contribution in [0.1, 0.15) is 0 Å². The summed E-state index contributed by atoms with van der Waals surface area (Å²) in [5, 5.41) is 6.16. The summed E-state index contributed by atoms with van der Waals surface area (Å²) in [6.07, 6.45) is 3.47. The molecular weight excluding hydrogens is 276 g/mol. The van der Waals surface area contributed by atoms with Crippen LogP contribution in [0.4, 0.5) is 0 Å². The van der Waals surface area contributed by atoms with Gasteiger partial charge in [-0.05, 0) is 32.3 Å².